The van der Waals surface area contributed by atoms with Crippen LogP contribution < -0.4 is 5.32 Å². The van der Waals surface area contributed by atoms with Crippen molar-refractivity contribution >= 4 is 27.4 Å². The number of aryl methyl sites for hydroxylation is 1. The molecule has 3 aliphatic rings. The summed E-state index contributed by atoms with van der Waals surface area (Å²) in [6, 6.07) is 4.97. The number of amides is 1. The standard InChI is InChI=1S/C22H30N2O4S/c1-15-8-9-19(29(27,28)24-10-3-2-4-11-24)14-20(15)23-22(26)18-12-16-6-5-7-17(13-18)21(16)25/h8-9,14,16-18H,2-7,10-13H2,1H3,(H,23,26)/t16-,17-/m0/s1. The molecule has 0 unspecified atom stereocenters. The van der Waals surface area contributed by atoms with Crippen molar-refractivity contribution in [2.24, 2.45) is 17.8 Å². The number of nitrogens with one attached hydrogen (secondary N) is 1. The zero-order valence-electron chi connectivity index (χ0n) is 17.0. The molecule has 2 bridgehead atoms. The molecule has 6 nitrogen and oxygen atoms in total. The summed E-state index contributed by atoms with van der Waals surface area (Å²) in [5, 5.41) is 2.97. The minimum atomic E-state index is -3.54. The van der Waals surface area contributed by atoms with Crippen molar-refractivity contribution in [1.29, 1.82) is 0 Å². The van der Waals surface area contributed by atoms with E-state index in [2.05, 4.69) is 5.32 Å². The second kappa shape index (κ2) is 8.19. The first-order valence-corrected chi connectivity index (χ1v) is 12.3. The molecular weight excluding hydrogens is 388 g/mol. The number of benzene rings is 1. The highest BCUT2D eigenvalue weighted by molar-refractivity contribution is 7.89. The van der Waals surface area contributed by atoms with Gasteiger partial charge in [0, 0.05) is 36.5 Å². The fourth-order valence-corrected chi connectivity index (χ4v) is 6.62. The summed E-state index contributed by atoms with van der Waals surface area (Å²) in [4.78, 5) is 25.5. The monoisotopic (exact) mass is 418 g/mol. The van der Waals surface area contributed by atoms with Gasteiger partial charge in [-0.25, -0.2) is 8.42 Å². The summed E-state index contributed by atoms with van der Waals surface area (Å²) in [5.74, 6) is 0.108. The van der Waals surface area contributed by atoms with E-state index in [-0.39, 0.29) is 28.6 Å². The van der Waals surface area contributed by atoms with Crippen molar-refractivity contribution in [2.75, 3.05) is 18.4 Å². The fourth-order valence-electron chi connectivity index (χ4n) is 5.08. The Kier molecular flexibility index (Phi) is 5.80. The molecule has 1 aromatic carbocycles. The lowest BCUT2D eigenvalue weighted by Crippen LogP contribution is -2.40. The van der Waals surface area contributed by atoms with Gasteiger partial charge in [-0.2, -0.15) is 4.31 Å². The summed E-state index contributed by atoms with van der Waals surface area (Å²) in [6.07, 6.45) is 6.92. The summed E-state index contributed by atoms with van der Waals surface area (Å²) in [6.45, 7) is 2.97. The highest BCUT2D eigenvalue weighted by Gasteiger charge is 2.41. The van der Waals surface area contributed by atoms with Gasteiger partial charge in [0.2, 0.25) is 15.9 Å². The molecule has 29 heavy (non-hydrogen) atoms. The molecule has 4 rings (SSSR count). The minimum Gasteiger partial charge on any atom is -0.326 e. The van der Waals surface area contributed by atoms with Gasteiger partial charge in [-0.15, -0.1) is 0 Å². The molecule has 2 aliphatic carbocycles. The van der Waals surface area contributed by atoms with Crippen LogP contribution in [0.3, 0.4) is 0 Å². The molecule has 1 aromatic rings. The predicted molar refractivity (Wildman–Crippen MR) is 111 cm³/mol. The van der Waals surface area contributed by atoms with Crippen molar-refractivity contribution in [3.63, 3.8) is 0 Å². The Morgan fingerprint density at radius 2 is 1.69 bits per heavy atom. The van der Waals surface area contributed by atoms with E-state index >= 15 is 0 Å². The van der Waals surface area contributed by atoms with Crippen molar-refractivity contribution in [3.8, 4) is 0 Å². The number of hydrogen-bond donors (Lipinski definition) is 1. The highest BCUT2D eigenvalue weighted by Crippen LogP contribution is 2.40. The Morgan fingerprint density at radius 1 is 1.03 bits per heavy atom. The van der Waals surface area contributed by atoms with E-state index in [1.54, 1.807) is 22.5 Å². The van der Waals surface area contributed by atoms with E-state index in [0.717, 1.165) is 44.1 Å². The molecule has 3 fully saturated rings. The molecule has 0 radical (unpaired) electrons. The molecule has 158 valence electrons. The number of Topliss-reactive ketones (excluding diaryl/α,β-unsaturated/α-hetero) is 1. The van der Waals surface area contributed by atoms with Gasteiger partial charge >= 0.3 is 0 Å². The molecule has 1 N–H and O–H groups in total. The number of ketones is 1. The van der Waals surface area contributed by atoms with E-state index in [1.807, 2.05) is 6.92 Å². The second-order valence-corrected chi connectivity index (χ2v) is 10.8. The average molecular weight is 419 g/mol. The maximum atomic E-state index is 13.0. The molecule has 0 aromatic heterocycles. The third kappa shape index (κ3) is 4.12. The third-order valence-corrected chi connectivity index (χ3v) is 8.73. The quantitative estimate of drug-likeness (QED) is 0.811. The number of piperidine rings is 1. The topological polar surface area (TPSA) is 83.6 Å². The molecule has 7 heteroatoms. The smallest absolute Gasteiger partial charge is 0.243 e. The number of carbonyl (C=O) groups is 2. The Labute approximate surface area is 173 Å². The lowest BCUT2D eigenvalue weighted by molar-refractivity contribution is -0.136. The largest absolute Gasteiger partial charge is 0.326 e. The first-order valence-electron chi connectivity index (χ1n) is 10.8. The molecule has 1 aliphatic heterocycles. The number of nitrogens with zero attached hydrogens (tertiary/aromatic N) is 1. The zero-order valence-corrected chi connectivity index (χ0v) is 17.8. The van der Waals surface area contributed by atoms with Crippen LogP contribution in [0.2, 0.25) is 0 Å². The Balaban J connectivity index is 1.51. The van der Waals surface area contributed by atoms with Gasteiger partial charge in [0.05, 0.1) is 4.90 Å². The number of rotatable bonds is 4. The summed E-state index contributed by atoms with van der Waals surface area (Å²) in [5.41, 5.74) is 1.39. The fraction of sp³-hybridized carbons (Fsp3) is 0.636. The van der Waals surface area contributed by atoms with Gasteiger partial charge in [0.1, 0.15) is 5.78 Å². The maximum absolute atomic E-state index is 13.0. The van der Waals surface area contributed by atoms with Crippen LogP contribution in [-0.2, 0) is 19.6 Å². The lowest BCUT2D eigenvalue weighted by Gasteiger charge is -2.37. The van der Waals surface area contributed by atoms with Crippen LogP contribution in [0, 0.1) is 24.7 Å². The van der Waals surface area contributed by atoms with Gasteiger partial charge in [0.25, 0.3) is 0 Å². The van der Waals surface area contributed by atoms with E-state index in [0.29, 0.717) is 37.4 Å². The predicted octanol–water partition coefficient (Wildman–Crippen LogP) is 3.50. The Morgan fingerprint density at radius 3 is 2.34 bits per heavy atom. The minimum absolute atomic E-state index is 0.0187. The van der Waals surface area contributed by atoms with Crippen LogP contribution in [0.4, 0.5) is 5.69 Å². The van der Waals surface area contributed by atoms with Crippen molar-refractivity contribution in [2.45, 2.75) is 63.2 Å². The van der Waals surface area contributed by atoms with Crippen LogP contribution >= 0.6 is 0 Å². The van der Waals surface area contributed by atoms with Gasteiger partial charge in [-0.1, -0.05) is 18.9 Å². The van der Waals surface area contributed by atoms with Crippen LogP contribution in [-0.4, -0.2) is 37.5 Å². The summed E-state index contributed by atoms with van der Waals surface area (Å²) >= 11 is 0. The summed E-state index contributed by atoms with van der Waals surface area (Å²) in [7, 11) is -3.54. The molecule has 2 atom stereocenters. The SMILES string of the molecule is Cc1ccc(S(=O)(=O)N2CCCCC2)cc1NC(=O)C1C[C@@H]2CCC[C@@H](C1)C2=O. The molecule has 1 amide bonds. The molecule has 2 saturated carbocycles. The average Bonchev–Trinajstić information content (AvgIpc) is 2.70. The molecular formula is C22H30N2O4S. The van der Waals surface area contributed by atoms with E-state index in [1.165, 1.54) is 0 Å². The first-order chi connectivity index (χ1) is 13.9. The van der Waals surface area contributed by atoms with Crippen molar-refractivity contribution < 1.29 is 18.0 Å². The molecule has 0 spiro atoms. The van der Waals surface area contributed by atoms with Gasteiger partial charge in [-0.05, 0) is 63.1 Å². The van der Waals surface area contributed by atoms with Gasteiger partial charge < -0.3 is 5.32 Å². The molecule has 1 saturated heterocycles. The highest BCUT2D eigenvalue weighted by atomic mass is 32.2. The first kappa shape index (κ1) is 20.5. The van der Waals surface area contributed by atoms with Crippen molar-refractivity contribution in [3.05, 3.63) is 23.8 Å². The number of fused-ring (bicyclic) bond motifs is 2. The number of anilines is 1. The third-order valence-electron chi connectivity index (χ3n) is 6.84. The van der Waals surface area contributed by atoms with Gasteiger partial charge in [0.15, 0.2) is 0 Å². The zero-order chi connectivity index (χ0) is 20.6. The van der Waals surface area contributed by atoms with Crippen LogP contribution in [0.5, 0.6) is 0 Å². The van der Waals surface area contributed by atoms with E-state index < -0.39 is 10.0 Å². The van der Waals surface area contributed by atoms with E-state index in [4.69, 9.17) is 0 Å². The second-order valence-electron chi connectivity index (χ2n) is 8.83. The molecule has 1 heterocycles. The van der Waals surface area contributed by atoms with E-state index in [9.17, 15) is 18.0 Å². The normalized spacial score (nSPS) is 28.2. The van der Waals surface area contributed by atoms with Crippen LogP contribution in [0.1, 0.15) is 56.9 Å². The van der Waals surface area contributed by atoms with Crippen LogP contribution in [0.15, 0.2) is 23.1 Å². The number of hydrogen-bond acceptors (Lipinski definition) is 4. The van der Waals surface area contributed by atoms with Gasteiger partial charge in [-0.3, -0.25) is 9.59 Å². The van der Waals surface area contributed by atoms with Crippen LogP contribution in [0.25, 0.3) is 0 Å². The number of carbonyl (C=O) groups excluding carboxylic acids is 2. The van der Waals surface area contributed by atoms with Crippen molar-refractivity contribution in [1.82, 2.24) is 4.31 Å². The maximum Gasteiger partial charge on any atom is 0.243 e. The summed E-state index contributed by atoms with van der Waals surface area (Å²) < 4.78 is 27.5. The Hall–Kier alpha value is -1.73. The number of sulfonamides is 1. The Bertz CT molecular complexity index is 889. The lowest BCUT2D eigenvalue weighted by atomic mass is 9.67.